The van der Waals surface area contributed by atoms with E-state index in [1.54, 1.807) is 0 Å². The summed E-state index contributed by atoms with van der Waals surface area (Å²) in [6.07, 6.45) is 0.883. The Kier molecular flexibility index (Phi) is 16.6. The maximum atomic E-state index is 2.75. The van der Waals surface area contributed by atoms with Crippen molar-refractivity contribution in [3.8, 4) is 112 Å². The molecule has 27 rings (SSSR count). The van der Waals surface area contributed by atoms with Crippen LogP contribution >= 0.6 is 0 Å². The second kappa shape index (κ2) is 29.4. The Bertz CT molecular complexity index is 8640. The normalized spacial score (nSPS) is 12.5. The predicted octanol–water partition coefficient (Wildman–Crippen LogP) is 31.5. The van der Waals surface area contributed by atoms with Gasteiger partial charge in [0, 0.05) is 77.9 Å². The number of benzene rings is 22. The molecule has 0 amide bonds. The number of aromatic nitrogens is 2. The summed E-state index contributed by atoms with van der Waals surface area (Å²) in [6, 6.07) is 177. The van der Waals surface area contributed by atoms with Crippen molar-refractivity contribution >= 4 is 144 Å². The molecule has 0 N–H and O–H groups in total. The zero-order valence-corrected chi connectivity index (χ0v) is 71.0. The molecule has 2 aromatic heterocycles. The van der Waals surface area contributed by atoms with E-state index < -0.39 is 6.71 Å². The maximum absolute atomic E-state index is 2.75. The highest BCUT2D eigenvalue weighted by atomic mass is 15.2. The minimum Gasteiger partial charge on any atom is -0.310 e. The molecule has 0 saturated heterocycles. The molecular weight excluding hydrogens is 1570 g/mol. The average molecular weight is 1650 g/mol. The lowest BCUT2D eigenvalue weighted by molar-refractivity contribution is 1.18. The fraction of sp³-hybridized carbons (Fsp3) is 0.00800. The third-order valence-corrected chi connectivity index (χ3v) is 28.2. The van der Waals surface area contributed by atoms with Crippen molar-refractivity contribution in [1.82, 2.24) is 9.13 Å². The molecule has 3 aliphatic rings. The molecule has 0 unspecified atom stereocenters. The number of anilines is 6. The van der Waals surface area contributed by atoms with Gasteiger partial charge >= 0.3 is 0 Å². The maximum Gasteiger partial charge on any atom is 0.252 e. The van der Waals surface area contributed by atoms with E-state index in [0.29, 0.717) is 0 Å². The molecule has 24 aromatic rings. The third-order valence-electron chi connectivity index (χ3n) is 28.2. The second-order valence-corrected chi connectivity index (χ2v) is 35.2. The first-order valence-corrected chi connectivity index (χ1v) is 45.2. The van der Waals surface area contributed by atoms with Crippen molar-refractivity contribution in [3.05, 3.63) is 478 Å². The first-order chi connectivity index (χ1) is 64.5. The molecule has 0 saturated carbocycles. The van der Waals surface area contributed by atoms with Crippen LogP contribution in [-0.2, 0) is 6.42 Å². The van der Waals surface area contributed by atoms with Gasteiger partial charge in [0.25, 0.3) is 6.71 Å². The number of hydrogen-bond acceptors (Lipinski definition) is 2. The van der Waals surface area contributed by atoms with Crippen molar-refractivity contribution in [2.24, 2.45) is 0 Å². The fourth-order valence-corrected chi connectivity index (χ4v) is 22.5. The van der Waals surface area contributed by atoms with Gasteiger partial charge in [-0.15, -0.1) is 0 Å². The van der Waals surface area contributed by atoms with Crippen LogP contribution in [-0.4, -0.2) is 15.8 Å². The Morgan fingerprint density at radius 1 is 0.185 bits per heavy atom. The van der Waals surface area contributed by atoms with Crippen LogP contribution in [0.3, 0.4) is 0 Å². The molecule has 130 heavy (non-hydrogen) atoms. The van der Waals surface area contributed by atoms with Crippen LogP contribution in [0.1, 0.15) is 11.1 Å². The lowest BCUT2D eigenvalue weighted by atomic mass is 9.33. The number of hydrogen-bond donors (Lipinski definition) is 0. The van der Waals surface area contributed by atoms with Gasteiger partial charge in [-0.2, -0.15) is 0 Å². The first kappa shape index (κ1) is 73.5. The van der Waals surface area contributed by atoms with E-state index in [4.69, 9.17) is 0 Å². The van der Waals surface area contributed by atoms with Crippen molar-refractivity contribution in [2.75, 3.05) is 9.80 Å². The molecule has 22 aromatic carbocycles. The van der Waals surface area contributed by atoms with Crippen molar-refractivity contribution in [1.29, 1.82) is 0 Å². The monoisotopic (exact) mass is 1650 g/mol. The molecule has 2 aliphatic heterocycles. The SMILES string of the molecule is c1ccc(-c2cc(-c3ccccc3)c(N3c4ccc(-c5cccc6c5c5ccccc5n6-c5ccccc5)cc4B4c5cc(-c6cccc7c6c6ccccc6n7-c6ccccc6)ccc5N(c5c(-c6ccc7c(ccc8ccccc87)c6)cccc5-c5ccc6c(ccc7ccccc76)c5)c5cc(-c6ccc7c(c6)-c6ccccc6C7)cc3c54)c(-c3ccccc3)c2)cc1. The van der Waals surface area contributed by atoms with Crippen LogP contribution in [0.2, 0.25) is 0 Å². The summed E-state index contributed by atoms with van der Waals surface area (Å²) < 4.78 is 4.92. The molecule has 0 radical (unpaired) electrons. The Balaban J connectivity index is 0.822. The van der Waals surface area contributed by atoms with E-state index in [2.05, 4.69) is 486 Å². The summed E-state index contributed by atoms with van der Waals surface area (Å²) >= 11 is 0. The van der Waals surface area contributed by atoms with Crippen LogP contribution in [0, 0.1) is 0 Å². The van der Waals surface area contributed by atoms with E-state index in [0.717, 1.165) is 163 Å². The van der Waals surface area contributed by atoms with E-state index in [-0.39, 0.29) is 0 Å². The van der Waals surface area contributed by atoms with Gasteiger partial charge in [0.05, 0.1) is 33.4 Å². The molecule has 1 aliphatic carbocycles. The lowest BCUT2D eigenvalue weighted by Crippen LogP contribution is -2.61. The lowest BCUT2D eigenvalue weighted by Gasteiger charge is -2.46. The molecule has 0 fully saturated rings. The molecule has 0 spiro atoms. The number of para-hydroxylation sites is 5. The van der Waals surface area contributed by atoms with Crippen molar-refractivity contribution in [3.63, 3.8) is 0 Å². The minimum absolute atomic E-state index is 0.402. The zero-order valence-electron chi connectivity index (χ0n) is 71.0. The standard InChI is InChI=1S/C125H79BN4/c1-6-29-79(30-7-1)93-73-109(80-31-8-2-9-32-80)125(110(74-93)81-33-10-3-11-34-81)130-116-68-64-92(103-48-28-54-118-122(103)107-46-23-25-52-114(107)128(118)96-40-14-5-15-41-96)76-112(116)126-111-75-91(102-47-27-53-117-121(102)106-45-22-24-51-113(106)127(117)95-38-12-4-13-39-95)63-67-115(111)129(119-77-94(78-120(130)123(119)126)84-57-60-90-69-85-37-18-21-44-99(85)108(90)72-84)124-104(88-61-65-100-86(70-88)58-55-82-35-16-19-42-97(82)100)49-26-50-105(124)89-62-66-101-87(71-89)59-56-83-36-17-20-43-98(83)101/h1-68,70-78H,69H2. The summed E-state index contributed by atoms with van der Waals surface area (Å²) in [5.74, 6) is 0. The Morgan fingerprint density at radius 3 is 1.07 bits per heavy atom. The highest BCUT2D eigenvalue weighted by molar-refractivity contribution is 7.00. The highest BCUT2D eigenvalue weighted by Gasteiger charge is 2.46. The Labute approximate surface area is 753 Å². The zero-order chi connectivity index (χ0) is 85.2. The third kappa shape index (κ3) is 11.5. The Morgan fingerprint density at radius 2 is 0.546 bits per heavy atom. The number of rotatable bonds is 12. The van der Waals surface area contributed by atoms with Gasteiger partial charge in [-0.3, -0.25) is 0 Å². The quantitative estimate of drug-likeness (QED) is 0.0895. The topological polar surface area (TPSA) is 16.3 Å². The smallest absolute Gasteiger partial charge is 0.252 e. The summed E-state index contributed by atoms with van der Waals surface area (Å²) in [6.45, 7) is -0.402. The number of nitrogens with zero attached hydrogens (tertiary/aromatic N) is 4. The van der Waals surface area contributed by atoms with Crippen molar-refractivity contribution in [2.45, 2.75) is 6.42 Å². The molecule has 0 atom stereocenters. The van der Waals surface area contributed by atoms with Crippen LogP contribution in [0.15, 0.2) is 467 Å². The van der Waals surface area contributed by atoms with E-state index in [1.807, 2.05) is 0 Å². The van der Waals surface area contributed by atoms with E-state index in [1.165, 1.54) is 103 Å². The molecule has 4 nitrogen and oxygen atoms in total. The highest BCUT2D eigenvalue weighted by Crippen LogP contribution is 2.57. The largest absolute Gasteiger partial charge is 0.310 e. The molecule has 0 bridgehead atoms. The molecule has 602 valence electrons. The van der Waals surface area contributed by atoms with Gasteiger partial charge in [0.15, 0.2) is 0 Å². The molecule has 5 heteroatoms. The molecular formula is C125H79BN4. The predicted molar refractivity (Wildman–Crippen MR) is 551 cm³/mol. The summed E-state index contributed by atoms with van der Waals surface area (Å²) in [4.78, 5) is 5.49. The second-order valence-electron chi connectivity index (χ2n) is 35.2. The van der Waals surface area contributed by atoms with Gasteiger partial charge in [-0.25, -0.2) is 0 Å². The van der Waals surface area contributed by atoms with Gasteiger partial charge in [-0.05, 0) is 258 Å². The minimum atomic E-state index is -0.402. The number of fused-ring (bicyclic) bond motifs is 19. The average Bonchev–Trinajstić information content (AvgIpc) is 0.692. The van der Waals surface area contributed by atoms with Crippen molar-refractivity contribution < 1.29 is 0 Å². The van der Waals surface area contributed by atoms with Crippen LogP contribution < -0.4 is 26.2 Å². The fourth-order valence-electron chi connectivity index (χ4n) is 22.5. The van der Waals surface area contributed by atoms with E-state index in [9.17, 15) is 0 Å². The van der Waals surface area contributed by atoms with Gasteiger partial charge in [0.2, 0.25) is 0 Å². The van der Waals surface area contributed by atoms with Crippen LogP contribution in [0.25, 0.3) is 198 Å². The van der Waals surface area contributed by atoms with Crippen LogP contribution in [0.5, 0.6) is 0 Å². The van der Waals surface area contributed by atoms with Gasteiger partial charge < -0.3 is 18.9 Å². The summed E-state index contributed by atoms with van der Waals surface area (Å²) in [5.41, 5.74) is 40.3. The van der Waals surface area contributed by atoms with Gasteiger partial charge in [0.1, 0.15) is 0 Å². The van der Waals surface area contributed by atoms with Gasteiger partial charge in [-0.1, -0.05) is 364 Å². The first-order valence-electron chi connectivity index (χ1n) is 45.2. The summed E-state index contributed by atoms with van der Waals surface area (Å²) in [5, 5.41) is 14.5. The molecule has 4 heterocycles. The van der Waals surface area contributed by atoms with Crippen LogP contribution in [0.4, 0.5) is 34.1 Å². The summed E-state index contributed by atoms with van der Waals surface area (Å²) in [7, 11) is 0. The Hall–Kier alpha value is -16.9. The van der Waals surface area contributed by atoms with E-state index >= 15 is 0 Å².